The Labute approximate surface area is 119 Å². The van der Waals surface area contributed by atoms with Gasteiger partial charge in [-0.2, -0.15) is 0 Å². The molecule has 20 heavy (non-hydrogen) atoms. The zero-order valence-electron chi connectivity index (χ0n) is 12.4. The first-order chi connectivity index (χ1) is 9.65. The van der Waals surface area contributed by atoms with Crippen LogP contribution in [0.2, 0.25) is 0 Å². The number of anilines is 1. The molecule has 106 valence electrons. The molecule has 0 aliphatic heterocycles. The number of ether oxygens (including phenoxy) is 2. The van der Waals surface area contributed by atoms with Crippen LogP contribution in [0.5, 0.6) is 11.5 Å². The van der Waals surface area contributed by atoms with E-state index >= 15 is 0 Å². The Kier molecular flexibility index (Phi) is 4.45. The van der Waals surface area contributed by atoms with Gasteiger partial charge in [-0.1, -0.05) is 0 Å². The van der Waals surface area contributed by atoms with Gasteiger partial charge in [0.25, 0.3) is 0 Å². The Morgan fingerprint density at radius 3 is 2.45 bits per heavy atom. The third kappa shape index (κ3) is 3.02. The van der Waals surface area contributed by atoms with Gasteiger partial charge >= 0.3 is 0 Å². The number of aryl methyl sites for hydroxylation is 1. The summed E-state index contributed by atoms with van der Waals surface area (Å²) in [6, 6.07) is 7.83. The summed E-state index contributed by atoms with van der Waals surface area (Å²) in [6.45, 7) is 4.42. The summed E-state index contributed by atoms with van der Waals surface area (Å²) in [6.07, 6.45) is 1.81. The Bertz CT molecular complexity index is 580. The molecule has 1 aromatic carbocycles. The van der Waals surface area contributed by atoms with Crippen LogP contribution in [-0.4, -0.2) is 19.1 Å². The number of hydrogen-bond acceptors (Lipinski definition) is 4. The van der Waals surface area contributed by atoms with Crippen LogP contribution in [-0.2, 0) is 6.61 Å². The van der Waals surface area contributed by atoms with Gasteiger partial charge in [-0.15, -0.1) is 0 Å². The van der Waals surface area contributed by atoms with Gasteiger partial charge in [-0.05, 0) is 38.1 Å². The van der Waals surface area contributed by atoms with Gasteiger partial charge in [0, 0.05) is 30.1 Å². The molecule has 0 spiro atoms. The molecule has 0 saturated heterocycles. The molecule has 1 aromatic heterocycles. The number of methoxy groups -OCH3 is 1. The van der Waals surface area contributed by atoms with Crippen LogP contribution >= 0.6 is 0 Å². The quantitative estimate of drug-likeness (QED) is 0.906. The molecule has 0 aliphatic rings. The van der Waals surface area contributed by atoms with Gasteiger partial charge in [0.1, 0.15) is 18.1 Å². The zero-order chi connectivity index (χ0) is 14.5. The van der Waals surface area contributed by atoms with Crippen molar-refractivity contribution in [3.05, 3.63) is 47.3 Å². The zero-order valence-corrected chi connectivity index (χ0v) is 12.4. The summed E-state index contributed by atoms with van der Waals surface area (Å²) in [4.78, 5) is 4.42. The molecule has 1 N–H and O–H groups in total. The molecule has 4 heteroatoms. The third-order valence-corrected chi connectivity index (χ3v) is 3.27. The number of aromatic nitrogens is 1. The average molecular weight is 272 g/mol. The van der Waals surface area contributed by atoms with Crippen molar-refractivity contribution < 1.29 is 9.47 Å². The second kappa shape index (κ2) is 6.28. The first kappa shape index (κ1) is 14.2. The lowest BCUT2D eigenvalue weighted by Gasteiger charge is -2.13. The predicted molar refractivity (Wildman–Crippen MR) is 80.6 cm³/mol. The lowest BCUT2D eigenvalue weighted by Crippen LogP contribution is -2.04. The normalized spacial score (nSPS) is 10.2. The van der Waals surface area contributed by atoms with Gasteiger partial charge in [0.15, 0.2) is 0 Å². The van der Waals surface area contributed by atoms with Gasteiger partial charge in [-0.3, -0.25) is 4.98 Å². The summed E-state index contributed by atoms with van der Waals surface area (Å²) in [7, 11) is 3.57. The smallest absolute Gasteiger partial charge is 0.131 e. The van der Waals surface area contributed by atoms with E-state index in [1.54, 1.807) is 7.11 Å². The van der Waals surface area contributed by atoms with Crippen LogP contribution in [0.15, 0.2) is 30.5 Å². The number of benzene rings is 1. The summed E-state index contributed by atoms with van der Waals surface area (Å²) in [5.74, 6) is 1.70. The maximum absolute atomic E-state index is 5.77. The number of nitrogens with zero attached hydrogens (tertiary/aromatic N) is 1. The molecular formula is C16H20N2O2. The Hall–Kier alpha value is -2.23. The van der Waals surface area contributed by atoms with Crippen molar-refractivity contribution in [1.82, 2.24) is 4.98 Å². The Morgan fingerprint density at radius 2 is 1.85 bits per heavy atom. The topological polar surface area (TPSA) is 43.4 Å². The van der Waals surface area contributed by atoms with Gasteiger partial charge in [-0.25, -0.2) is 0 Å². The van der Waals surface area contributed by atoms with E-state index in [2.05, 4.69) is 10.3 Å². The van der Waals surface area contributed by atoms with Crippen molar-refractivity contribution >= 4 is 5.69 Å². The minimum atomic E-state index is 0.432. The average Bonchev–Trinajstić information content (AvgIpc) is 2.47. The molecule has 0 fully saturated rings. The van der Waals surface area contributed by atoms with Crippen LogP contribution in [0.4, 0.5) is 5.69 Å². The number of pyridine rings is 1. The standard InChI is InChI=1S/C16H20N2O2/c1-11-9-18-15(12(2)16(11)19-4)10-20-14-7-5-13(17-3)6-8-14/h5-9,17H,10H2,1-4H3. The lowest BCUT2D eigenvalue weighted by molar-refractivity contribution is 0.299. The molecule has 0 saturated carbocycles. The van der Waals surface area contributed by atoms with Gasteiger partial charge < -0.3 is 14.8 Å². The number of nitrogens with one attached hydrogen (secondary N) is 1. The van der Waals surface area contributed by atoms with Crippen molar-refractivity contribution in [2.75, 3.05) is 19.5 Å². The van der Waals surface area contributed by atoms with E-state index in [4.69, 9.17) is 9.47 Å². The summed E-state index contributed by atoms with van der Waals surface area (Å²) in [5.41, 5.74) is 4.01. The van der Waals surface area contributed by atoms with Crippen LogP contribution in [0.25, 0.3) is 0 Å². The third-order valence-electron chi connectivity index (χ3n) is 3.27. The minimum Gasteiger partial charge on any atom is -0.496 e. The molecule has 0 radical (unpaired) electrons. The molecule has 0 bridgehead atoms. The van der Waals surface area contributed by atoms with Crippen LogP contribution in [0.3, 0.4) is 0 Å². The molecule has 0 aliphatic carbocycles. The molecule has 0 unspecified atom stereocenters. The molecule has 0 atom stereocenters. The summed E-state index contributed by atoms with van der Waals surface area (Å²) < 4.78 is 11.2. The maximum atomic E-state index is 5.77. The molecule has 0 amide bonds. The molecule has 4 nitrogen and oxygen atoms in total. The second-order valence-corrected chi connectivity index (χ2v) is 4.61. The monoisotopic (exact) mass is 272 g/mol. The fourth-order valence-corrected chi connectivity index (χ4v) is 2.09. The van der Waals surface area contributed by atoms with E-state index in [0.29, 0.717) is 6.61 Å². The van der Waals surface area contributed by atoms with Crippen molar-refractivity contribution in [1.29, 1.82) is 0 Å². The van der Waals surface area contributed by atoms with Gasteiger partial charge in [0.05, 0.1) is 12.8 Å². The van der Waals surface area contributed by atoms with E-state index < -0.39 is 0 Å². The highest BCUT2D eigenvalue weighted by atomic mass is 16.5. The summed E-state index contributed by atoms with van der Waals surface area (Å²) >= 11 is 0. The lowest BCUT2D eigenvalue weighted by atomic mass is 10.1. The van der Waals surface area contributed by atoms with Crippen molar-refractivity contribution in [3.8, 4) is 11.5 Å². The number of rotatable bonds is 5. The SMILES string of the molecule is CNc1ccc(OCc2ncc(C)c(OC)c2C)cc1. The Balaban J connectivity index is 2.10. The van der Waals surface area contributed by atoms with Crippen LogP contribution in [0, 0.1) is 13.8 Å². The fourth-order valence-electron chi connectivity index (χ4n) is 2.09. The van der Waals surface area contributed by atoms with Crippen LogP contribution < -0.4 is 14.8 Å². The van der Waals surface area contributed by atoms with Crippen molar-refractivity contribution in [2.45, 2.75) is 20.5 Å². The minimum absolute atomic E-state index is 0.432. The van der Waals surface area contributed by atoms with E-state index in [9.17, 15) is 0 Å². The summed E-state index contributed by atoms with van der Waals surface area (Å²) in [5, 5.41) is 3.07. The first-order valence-electron chi connectivity index (χ1n) is 6.55. The number of hydrogen-bond donors (Lipinski definition) is 1. The van der Waals surface area contributed by atoms with Crippen molar-refractivity contribution in [2.24, 2.45) is 0 Å². The highest BCUT2D eigenvalue weighted by Gasteiger charge is 2.09. The van der Waals surface area contributed by atoms with Gasteiger partial charge in [0.2, 0.25) is 0 Å². The maximum Gasteiger partial charge on any atom is 0.131 e. The molecule has 2 rings (SSSR count). The highest BCUT2D eigenvalue weighted by molar-refractivity contribution is 5.46. The fraction of sp³-hybridized carbons (Fsp3) is 0.312. The second-order valence-electron chi connectivity index (χ2n) is 4.61. The predicted octanol–water partition coefficient (Wildman–Crippen LogP) is 3.33. The molecular weight excluding hydrogens is 252 g/mol. The van der Waals surface area contributed by atoms with Crippen molar-refractivity contribution in [3.63, 3.8) is 0 Å². The highest BCUT2D eigenvalue weighted by Crippen LogP contribution is 2.25. The van der Waals surface area contributed by atoms with E-state index in [1.165, 1.54) is 0 Å². The van der Waals surface area contributed by atoms with E-state index in [-0.39, 0.29) is 0 Å². The van der Waals surface area contributed by atoms with E-state index in [1.807, 2.05) is 51.4 Å². The molecule has 2 aromatic rings. The Morgan fingerprint density at radius 1 is 1.15 bits per heavy atom. The van der Waals surface area contributed by atoms with Crippen LogP contribution in [0.1, 0.15) is 16.8 Å². The largest absolute Gasteiger partial charge is 0.496 e. The molecule has 1 heterocycles. The first-order valence-corrected chi connectivity index (χ1v) is 6.55. The van der Waals surface area contributed by atoms with E-state index in [0.717, 1.165) is 34.0 Å².